The predicted octanol–water partition coefficient (Wildman–Crippen LogP) is 8.30. The van der Waals surface area contributed by atoms with Gasteiger partial charge >= 0.3 is 6.18 Å². The quantitative estimate of drug-likeness (QED) is 0.135. The van der Waals surface area contributed by atoms with Crippen LogP contribution in [0.3, 0.4) is 0 Å². The molecule has 194 valence electrons. The number of benzene rings is 4. The Labute approximate surface area is 231 Å². The number of halogens is 4. The molecule has 0 fully saturated rings. The maximum Gasteiger partial charge on any atom is 0.419 e. The second kappa shape index (κ2) is 9.16. The molecule has 0 amide bonds. The molecule has 1 N–H and O–H groups in total. The number of hydrogen-bond donors (Lipinski definition) is 1. The van der Waals surface area contributed by atoms with E-state index in [1.54, 1.807) is 18.2 Å². The van der Waals surface area contributed by atoms with E-state index in [-0.39, 0.29) is 16.7 Å². The van der Waals surface area contributed by atoms with Crippen LogP contribution in [0.1, 0.15) is 27.8 Å². The van der Waals surface area contributed by atoms with Gasteiger partial charge in [-0.3, -0.25) is 0 Å². The third-order valence-electron chi connectivity index (χ3n) is 7.37. The van der Waals surface area contributed by atoms with Crippen molar-refractivity contribution in [3.63, 3.8) is 0 Å². The first kappa shape index (κ1) is 25.5. The summed E-state index contributed by atoms with van der Waals surface area (Å²) in [4.78, 5) is 0. The van der Waals surface area contributed by atoms with Gasteiger partial charge in [0.2, 0.25) is 0 Å². The lowest BCUT2D eigenvalue weighted by Gasteiger charge is -2.11. The van der Waals surface area contributed by atoms with Crippen molar-refractivity contribution in [1.29, 1.82) is 21.2 Å². The van der Waals surface area contributed by atoms with E-state index in [0.717, 1.165) is 35.0 Å². The SMILES string of the molecule is N#CC(C#N)=C1c2cc(-c3ccc(F)c(C(F)(F)F)c3)ccc2-c2cc3c(cc21)-c1ccccc1/C3=C(/C#N)C=N. The van der Waals surface area contributed by atoms with Crippen LogP contribution in [0.4, 0.5) is 17.6 Å². The van der Waals surface area contributed by atoms with Crippen molar-refractivity contribution in [1.82, 2.24) is 0 Å². The number of nitrogens with zero attached hydrogens (tertiary/aromatic N) is 3. The first-order chi connectivity index (χ1) is 19.7. The smallest absolute Gasteiger partial charge is 0.307 e. The molecule has 0 bridgehead atoms. The zero-order valence-corrected chi connectivity index (χ0v) is 20.9. The molecule has 2 aliphatic rings. The summed E-state index contributed by atoms with van der Waals surface area (Å²) in [6.07, 6.45) is -3.88. The third-order valence-corrected chi connectivity index (χ3v) is 7.37. The summed E-state index contributed by atoms with van der Waals surface area (Å²) in [6, 6.07) is 24.8. The number of allylic oxidation sites excluding steroid dienone is 2. The minimum atomic E-state index is -4.88. The Hall–Kier alpha value is -5.78. The number of hydrogen-bond acceptors (Lipinski definition) is 4. The Kier molecular flexibility index (Phi) is 5.69. The van der Waals surface area contributed by atoms with Crippen molar-refractivity contribution in [2.45, 2.75) is 6.18 Å². The van der Waals surface area contributed by atoms with Gasteiger partial charge in [0.25, 0.3) is 0 Å². The summed E-state index contributed by atoms with van der Waals surface area (Å²) in [6.45, 7) is 0. The molecule has 41 heavy (non-hydrogen) atoms. The monoisotopic (exact) mass is 542 g/mol. The maximum absolute atomic E-state index is 14.0. The van der Waals surface area contributed by atoms with Gasteiger partial charge in [0.05, 0.1) is 11.1 Å². The van der Waals surface area contributed by atoms with Crippen molar-refractivity contribution in [2.24, 2.45) is 0 Å². The fourth-order valence-electron chi connectivity index (χ4n) is 5.63. The average molecular weight is 542 g/mol. The molecular formula is C33H14F4N4. The van der Waals surface area contributed by atoms with Crippen LogP contribution in [-0.2, 0) is 6.18 Å². The Morgan fingerprint density at radius 1 is 0.634 bits per heavy atom. The van der Waals surface area contributed by atoms with Crippen LogP contribution in [-0.4, -0.2) is 6.21 Å². The number of rotatable bonds is 2. The van der Waals surface area contributed by atoms with Crippen LogP contribution in [0.15, 0.2) is 83.9 Å². The second-order valence-corrected chi connectivity index (χ2v) is 9.46. The number of nitrogens with one attached hydrogen (secondary N) is 1. The highest BCUT2D eigenvalue weighted by Gasteiger charge is 2.35. The van der Waals surface area contributed by atoms with Gasteiger partial charge in [-0.25, -0.2) is 4.39 Å². The normalized spacial score (nSPS) is 13.6. The molecule has 4 aromatic carbocycles. The van der Waals surface area contributed by atoms with Crippen LogP contribution >= 0.6 is 0 Å². The molecule has 0 radical (unpaired) electrons. The van der Waals surface area contributed by atoms with E-state index in [4.69, 9.17) is 5.41 Å². The van der Waals surface area contributed by atoms with Crippen molar-refractivity contribution >= 4 is 17.4 Å². The largest absolute Gasteiger partial charge is 0.419 e. The Balaban J connectivity index is 1.63. The average Bonchev–Trinajstić information content (AvgIpc) is 3.45. The van der Waals surface area contributed by atoms with E-state index in [1.807, 2.05) is 48.5 Å². The molecule has 6 rings (SSSR count). The van der Waals surface area contributed by atoms with E-state index < -0.39 is 17.6 Å². The molecule has 8 heteroatoms. The molecule has 0 heterocycles. The first-order valence-electron chi connectivity index (χ1n) is 12.2. The van der Waals surface area contributed by atoms with E-state index in [0.29, 0.717) is 44.5 Å². The van der Waals surface area contributed by atoms with Crippen molar-refractivity contribution in [3.05, 3.63) is 118 Å². The molecule has 0 unspecified atom stereocenters. The molecular weight excluding hydrogens is 528 g/mol. The van der Waals surface area contributed by atoms with Gasteiger partial charge in [-0.2, -0.15) is 29.0 Å². The summed E-state index contributed by atoms with van der Waals surface area (Å²) >= 11 is 0. The highest BCUT2D eigenvalue weighted by molar-refractivity contribution is 6.13. The van der Waals surface area contributed by atoms with Gasteiger partial charge < -0.3 is 5.41 Å². The van der Waals surface area contributed by atoms with Gasteiger partial charge in [-0.05, 0) is 86.0 Å². The summed E-state index contributed by atoms with van der Waals surface area (Å²) in [5.41, 5.74) is 5.49. The van der Waals surface area contributed by atoms with Crippen molar-refractivity contribution in [2.75, 3.05) is 0 Å². The van der Waals surface area contributed by atoms with Gasteiger partial charge in [-0.15, -0.1) is 0 Å². The van der Waals surface area contributed by atoms with E-state index in [2.05, 4.69) is 6.07 Å². The second-order valence-electron chi connectivity index (χ2n) is 9.46. The summed E-state index contributed by atoms with van der Waals surface area (Å²) in [5.74, 6) is -1.38. The lowest BCUT2D eigenvalue weighted by molar-refractivity contribution is -0.139. The number of fused-ring (bicyclic) bond motifs is 6. The fraction of sp³-hybridized carbons (Fsp3) is 0.0303. The Morgan fingerprint density at radius 2 is 1.20 bits per heavy atom. The zero-order valence-electron chi connectivity index (χ0n) is 20.9. The van der Waals surface area contributed by atoms with Gasteiger partial charge in [0, 0.05) is 17.4 Å². The van der Waals surface area contributed by atoms with E-state index in [9.17, 15) is 33.3 Å². The molecule has 0 aromatic heterocycles. The Morgan fingerprint density at radius 3 is 1.80 bits per heavy atom. The molecule has 2 aliphatic carbocycles. The highest BCUT2D eigenvalue weighted by atomic mass is 19.4. The predicted molar refractivity (Wildman–Crippen MR) is 145 cm³/mol. The molecule has 0 saturated carbocycles. The minimum Gasteiger partial charge on any atom is -0.307 e. The lowest BCUT2D eigenvalue weighted by Crippen LogP contribution is -2.08. The highest BCUT2D eigenvalue weighted by Crippen LogP contribution is 2.53. The van der Waals surface area contributed by atoms with Gasteiger partial charge in [0.15, 0.2) is 0 Å². The third kappa shape index (κ3) is 3.76. The molecule has 0 spiro atoms. The first-order valence-corrected chi connectivity index (χ1v) is 12.2. The summed E-state index contributed by atoms with van der Waals surface area (Å²) in [7, 11) is 0. The van der Waals surface area contributed by atoms with Crippen LogP contribution in [0.25, 0.3) is 44.5 Å². The minimum absolute atomic E-state index is 0.124. The zero-order chi connectivity index (χ0) is 29.1. The lowest BCUT2D eigenvalue weighted by atomic mass is 9.93. The molecule has 0 saturated heterocycles. The van der Waals surface area contributed by atoms with Crippen LogP contribution in [0.5, 0.6) is 0 Å². The van der Waals surface area contributed by atoms with Crippen LogP contribution in [0.2, 0.25) is 0 Å². The van der Waals surface area contributed by atoms with Gasteiger partial charge in [-0.1, -0.05) is 42.5 Å². The Bertz CT molecular complexity index is 2030. The van der Waals surface area contributed by atoms with Gasteiger partial charge in [0.1, 0.15) is 29.6 Å². The molecule has 0 aliphatic heterocycles. The van der Waals surface area contributed by atoms with Crippen LogP contribution in [0, 0.1) is 45.2 Å². The molecule has 4 nitrogen and oxygen atoms in total. The summed E-state index contributed by atoms with van der Waals surface area (Å²) in [5, 5.41) is 37.3. The fourth-order valence-corrected chi connectivity index (χ4v) is 5.63. The van der Waals surface area contributed by atoms with Crippen LogP contribution < -0.4 is 0 Å². The van der Waals surface area contributed by atoms with E-state index in [1.165, 1.54) is 6.07 Å². The number of alkyl halides is 3. The van der Waals surface area contributed by atoms with Crippen molar-refractivity contribution < 1.29 is 17.6 Å². The topological polar surface area (TPSA) is 95.2 Å². The number of nitriles is 3. The molecule has 4 aromatic rings. The van der Waals surface area contributed by atoms with E-state index >= 15 is 0 Å². The maximum atomic E-state index is 14.0. The van der Waals surface area contributed by atoms with Crippen molar-refractivity contribution in [3.8, 4) is 51.6 Å². The molecule has 0 atom stereocenters. The standard InChI is InChI=1S/C33H14F4N4/c34-30-8-6-18(10-29(30)33(35,36)37)17-5-7-22-25-12-27-24(11-28(25)32(26(22)9-17)20(15-40)16-41)21-3-1-2-4-23(21)31(27)19(13-38)14-39/h1-13,38H/b31-19-,38-13?. The summed E-state index contributed by atoms with van der Waals surface area (Å²) < 4.78 is 54.2.